The molecule has 5 atom stereocenters. The number of aryl methyl sites for hydroxylation is 1. The predicted molar refractivity (Wildman–Crippen MR) is 238 cm³/mol. The molecule has 0 bridgehead atoms. The number of likely N-dealkylation sites (N-methyl/N-ethyl adjacent to an activating group) is 1. The first-order valence-electron chi connectivity index (χ1n) is 20.5. The number of nitrogens with two attached hydrogens (primary N) is 2. The second-order valence-electron chi connectivity index (χ2n) is 16.5. The maximum absolute atomic E-state index is 13.3. The summed E-state index contributed by atoms with van der Waals surface area (Å²) < 4.78 is 25.3. The van der Waals surface area contributed by atoms with Gasteiger partial charge in [-0.25, -0.2) is 17.9 Å². The number of fused-ring (bicyclic) bond motifs is 5. The largest absolute Gasteiger partial charge is 0.510 e. The van der Waals surface area contributed by atoms with Gasteiger partial charge in [0.25, 0.3) is 15.9 Å². The van der Waals surface area contributed by atoms with E-state index in [0.717, 1.165) is 35.9 Å². The first kappa shape index (κ1) is 47.4. The zero-order valence-corrected chi connectivity index (χ0v) is 37.1. The zero-order chi connectivity index (χ0) is 47.1. The van der Waals surface area contributed by atoms with E-state index in [1.165, 1.54) is 92.5 Å². The molecule has 1 heterocycles. The fourth-order valence-corrected chi connectivity index (χ4v) is 10.0. The number of nitrogens with zero attached hydrogens (tertiary/aromatic N) is 2. The minimum absolute atomic E-state index is 0.00597. The van der Waals surface area contributed by atoms with Crippen molar-refractivity contribution in [3.63, 3.8) is 0 Å². The van der Waals surface area contributed by atoms with Gasteiger partial charge < -0.3 is 42.3 Å². The van der Waals surface area contributed by atoms with Crippen LogP contribution in [-0.2, 0) is 38.1 Å². The number of nitrogens with one attached hydrogen (secondary N) is 2. The molecule has 4 aliphatic carbocycles. The lowest BCUT2D eigenvalue weighted by atomic mass is 9.55. The summed E-state index contributed by atoms with van der Waals surface area (Å²) >= 11 is 5.64. The number of nitrogen functional groups attached to an aromatic ring is 1. The van der Waals surface area contributed by atoms with Gasteiger partial charge in [-0.05, 0) is 107 Å². The van der Waals surface area contributed by atoms with E-state index in [1.54, 1.807) is 0 Å². The van der Waals surface area contributed by atoms with Crippen molar-refractivity contribution in [1.29, 1.82) is 0 Å². The van der Waals surface area contributed by atoms with Crippen molar-refractivity contribution in [1.82, 2.24) is 19.9 Å². The topological polar surface area (TPSA) is 296 Å². The molecule has 19 heteroatoms. The van der Waals surface area contributed by atoms with Crippen LogP contribution in [0.5, 0.6) is 5.75 Å². The van der Waals surface area contributed by atoms with Crippen molar-refractivity contribution in [2.45, 2.75) is 74.5 Å². The average molecular weight is 919 g/mol. The molecule has 3 amide bonds. The molecule has 0 aliphatic heterocycles. The normalized spacial score (nSPS) is 23.7. The van der Waals surface area contributed by atoms with E-state index >= 15 is 0 Å². The van der Waals surface area contributed by atoms with Gasteiger partial charge in [0.2, 0.25) is 5.78 Å². The number of aromatic hydroxyl groups is 1. The number of hydrogen-bond acceptors (Lipinski definition) is 14. The monoisotopic (exact) mass is 918 g/mol. The molecule has 4 aliphatic rings. The SMILES string of the molecule is CCCNC(=O)NS(=O)(=O)c1ccc(Cl)cc1.CN(C)[C@@H]1C(O)=C(C(N)=O)C(=O)[C@@]2(O)C(O)=C3C(=O)c4c(O)cccc4[C@@](C)(O)[C@H]3C[C@@H]12.Nc1c2c(nc3ccccc13)CCCC2. The van der Waals surface area contributed by atoms with Crippen LogP contribution in [0.4, 0.5) is 10.5 Å². The number of aliphatic hydroxyl groups is 4. The van der Waals surface area contributed by atoms with Crippen molar-refractivity contribution < 1.29 is 53.1 Å². The molecular formula is C45H51ClN6O11S. The number of benzene rings is 3. The lowest BCUT2D eigenvalue weighted by molar-refractivity contribution is -0.151. The van der Waals surface area contributed by atoms with Crippen LogP contribution in [0.15, 0.2) is 94.3 Å². The number of urea groups is 1. The number of phenols is 1. The van der Waals surface area contributed by atoms with Crippen LogP contribution in [0.3, 0.4) is 0 Å². The molecule has 11 N–H and O–H groups in total. The van der Waals surface area contributed by atoms with Crippen LogP contribution >= 0.6 is 11.6 Å². The Kier molecular flexibility index (Phi) is 13.5. The summed E-state index contributed by atoms with van der Waals surface area (Å²) in [6.45, 7) is 3.69. The van der Waals surface area contributed by atoms with Crippen molar-refractivity contribution in [3.05, 3.63) is 117 Å². The number of pyridine rings is 1. The smallest absolute Gasteiger partial charge is 0.328 e. The number of anilines is 1. The highest BCUT2D eigenvalue weighted by Crippen LogP contribution is 2.56. The first-order chi connectivity index (χ1) is 30.1. The highest BCUT2D eigenvalue weighted by atomic mass is 35.5. The van der Waals surface area contributed by atoms with Gasteiger partial charge in [-0.3, -0.25) is 24.3 Å². The molecule has 17 nitrogen and oxygen atoms in total. The average Bonchev–Trinajstić information content (AvgIpc) is 3.23. The first-order valence-corrected chi connectivity index (χ1v) is 22.4. The van der Waals surface area contributed by atoms with Gasteiger partial charge in [0.05, 0.1) is 27.6 Å². The Balaban J connectivity index is 0.000000178. The number of rotatable bonds is 6. The molecule has 0 unspecified atom stereocenters. The van der Waals surface area contributed by atoms with Crippen LogP contribution in [0.2, 0.25) is 5.02 Å². The van der Waals surface area contributed by atoms with Gasteiger partial charge in [-0.15, -0.1) is 0 Å². The van der Waals surface area contributed by atoms with E-state index in [4.69, 9.17) is 28.1 Å². The third kappa shape index (κ3) is 8.50. The number of ketones is 2. The van der Waals surface area contributed by atoms with Gasteiger partial charge in [0.15, 0.2) is 11.4 Å². The number of carbonyl (C=O) groups is 4. The maximum atomic E-state index is 13.3. The molecule has 4 aromatic rings. The fourth-order valence-electron chi connectivity index (χ4n) is 8.99. The molecule has 0 fully saturated rings. The number of aromatic nitrogens is 1. The predicted octanol–water partition coefficient (Wildman–Crippen LogP) is 4.22. The molecule has 0 spiro atoms. The van der Waals surface area contributed by atoms with Crippen LogP contribution in [0.25, 0.3) is 10.9 Å². The summed E-state index contributed by atoms with van der Waals surface area (Å²) in [6, 6.07) is 16.0. The highest BCUT2D eigenvalue weighted by Gasteiger charge is 2.65. The Labute approximate surface area is 374 Å². The van der Waals surface area contributed by atoms with Gasteiger partial charge in [-0.2, -0.15) is 0 Å². The molecule has 0 radical (unpaired) electrons. The Morgan fingerprint density at radius 3 is 2.27 bits per heavy atom. The van der Waals surface area contributed by atoms with E-state index in [0.29, 0.717) is 11.6 Å². The fraction of sp³-hybridized carbons (Fsp3) is 0.356. The lowest BCUT2D eigenvalue weighted by Gasteiger charge is -2.52. The van der Waals surface area contributed by atoms with Crippen LogP contribution in [0.1, 0.15) is 66.7 Å². The highest BCUT2D eigenvalue weighted by molar-refractivity contribution is 7.90. The van der Waals surface area contributed by atoms with E-state index < -0.39 is 91.0 Å². The summed E-state index contributed by atoms with van der Waals surface area (Å²) in [4.78, 5) is 55.8. The third-order valence-corrected chi connectivity index (χ3v) is 13.7. The van der Waals surface area contributed by atoms with Crippen LogP contribution in [-0.4, -0.2) is 99.6 Å². The Bertz CT molecular complexity index is 2720. The number of primary amides is 1. The van der Waals surface area contributed by atoms with E-state index in [1.807, 2.05) is 29.8 Å². The second-order valence-corrected chi connectivity index (χ2v) is 18.6. The number of amides is 3. The van der Waals surface area contributed by atoms with E-state index in [2.05, 4.69) is 11.4 Å². The van der Waals surface area contributed by atoms with Crippen molar-refractivity contribution in [3.8, 4) is 5.75 Å². The summed E-state index contributed by atoms with van der Waals surface area (Å²) in [6.07, 6.45) is 5.21. The molecule has 0 saturated carbocycles. The lowest BCUT2D eigenvalue weighted by Crippen LogP contribution is -2.65. The van der Waals surface area contributed by atoms with Crippen molar-refractivity contribution >= 4 is 61.7 Å². The molecule has 8 rings (SSSR count). The summed E-state index contributed by atoms with van der Waals surface area (Å²) in [5.74, 6) is -7.89. The number of para-hydroxylation sites is 1. The van der Waals surface area contributed by atoms with Crippen LogP contribution < -0.4 is 21.5 Å². The van der Waals surface area contributed by atoms with Gasteiger partial charge >= 0.3 is 6.03 Å². The minimum atomic E-state index is -3.83. The molecule has 0 saturated heterocycles. The number of aliphatic hydroxyl groups excluding tert-OH is 2. The Morgan fingerprint density at radius 2 is 1.62 bits per heavy atom. The number of sulfonamides is 1. The third-order valence-electron chi connectivity index (χ3n) is 12.1. The Hall–Kier alpha value is -6.05. The molecular weight excluding hydrogens is 868 g/mol. The molecule has 1 aromatic heterocycles. The van der Waals surface area contributed by atoms with Gasteiger partial charge in [0.1, 0.15) is 22.8 Å². The zero-order valence-electron chi connectivity index (χ0n) is 35.6. The number of phenolic OH excluding ortho intramolecular Hbond substituents is 1. The number of hydrogen-bond donors (Lipinski definition) is 9. The number of Topliss-reactive ketones (excluding diaryl/α,β-unsaturated/α-hetero) is 2. The van der Waals surface area contributed by atoms with Crippen LogP contribution in [0, 0.1) is 11.8 Å². The Morgan fingerprint density at radius 1 is 0.969 bits per heavy atom. The maximum Gasteiger partial charge on any atom is 0.328 e. The number of halogens is 1. The van der Waals surface area contributed by atoms with E-state index in [-0.39, 0.29) is 22.4 Å². The summed E-state index contributed by atoms with van der Waals surface area (Å²) in [5, 5.41) is 59.0. The van der Waals surface area contributed by atoms with Gasteiger partial charge in [-0.1, -0.05) is 48.9 Å². The standard InChI is InChI=1S/C22H24N2O8.C13H14N2.C10H13ClN2O3S/c1-21(31)8-5-4-6-11(25)12(8)16(26)13-9(21)7-10-15(24(2)3)17(27)14(20(23)30)19(29)22(10,32)18(13)28;14-13-9-5-1-3-7-11(9)15-12-8-4-2-6-10(12)13;1-2-7-12-10(14)13-17(15,16)9-5-3-8(11)4-6-9/h4-6,9-10,15,25,27-28,31-32H,7H2,1-3H3,(H2,23,30);1,3,5,7H,2,4,6,8H2,(H2,14,15);3-6H,2,7H2,1H3,(H2,12,13,14)/t9-,10-,15-,21+,22-;;/m0../s1. The van der Waals surface area contributed by atoms with E-state index in [9.17, 15) is 53.1 Å². The summed E-state index contributed by atoms with van der Waals surface area (Å²) in [5.41, 5.74) is 10.0. The summed E-state index contributed by atoms with van der Waals surface area (Å²) in [7, 11) is -0.765. The minimum Gasteiger partial charge on any atom is -0.510 e. The quantitative estimate of drug-likeness (QED) is 0.123. The van der Waals surface area contributed by atoms with Gasteiger partial charge in [0, 0.05) is 45.7 Å². The molecule has 64 heavy (non-hydrogen) atoms. The molecule has 340 valence electrons. The molecule has 3 aromatic carbocycles. The number of carbonyl (C=O) groups excluding carboxylic acids is 4. The van der Waals surface area contributed by atoms with Crippen molar-refractivity contribution in [2.75, 3.05) is 26.4 Å². The second kappa shape index (κ2) is 18.2. The van der Waals surface area contributed by atoms with Crippen molar-refractivity contribution in [2.24, 2.45) is 17.6 Å².